The Bertz CT molecular complexity index is 323. The van der Waals surface area contributed by atoms with Gasteiger partial charge in [0.15, 0.2) is 0 Å². The van der Waals surface area contributed by atoms with Crippen molar-refractivity contribution in [1.29, 1.82) is 0 Å². The lowest BCUT2D eigenvalue weighted by Gasteiger charge is -2.09. The van der Waals surface area contributed by atoms with Crippen molar-refractivity contribution < 1.29 is 0 Å². The maximum absolute atomic E-state index is 5.94. The Morgan fingerprint density at radius 1 is 1.42 bits per heavy atom. The van der Waals surface area contributed by atoms with Gasteiger partial charge in [0, 0.05) is 9.61 Å². The number of aryl methyl sites for hydroxylation is 1. The Kier molecular flexibility index (Phi) is 2.00. The largest absolute Gasteiger partial charge is 0.398 e. The van der Waals surface area contributed by atoms with E-state index in [0.29, 0.717) is 0 Å². The van der Waals surface area contributed by atoms with Crippen LogP contribution >= 0.6 is 22.6 Å². The second-order valence-electron chi connectivity index (χ2n) is 3.18. The summed E-state index contributed by atoms with van der Waals surface area (Å²) in [5, 5.41) is 0. The van der Waals surface area contributed by atoms with Crippen LogP contribution in [0.15, 0.2) is 12.1 Å². The third-order valence-electron chi connectivity index (χ3n) is 2.42. The molecule has 0 saturated heterocycles. The van der Waals surface area contributed by atoms with E-state index in [1.165, 1.54) is 11.1 Å². The van der Waals surface area contributed by atoms with Gasteiger partial charge in [-0.3, -0.25) is 0 Å². The second-order valence-corrected chi connectivity index (χ2v) is 4.34. The van der Waals surface area contributed by atoms with Gasteiger partial charge in [0.1, 0.15) is 0 Å². The molecule has 2 rings (SSSR count). The van der Waals surface area contributed by atoms with Crippen molar-refractivity contribution in [2.45, 2.75) is 18.9 Å². The Morgan fingerprint density at radius 3 is 2.92 bits per heavy atom. The average Bonchev–Trinajstić information content (AvgIpc) is 2.41. The lowest BCUT2D eigenvalue weighted by atomic mass is 10.1. The molecule has 0 fully saturated rings. The summed E-state index contributed by atoms with van der Waals surface area (Å²) in [6, 6.07) is 4.36. The summed E-state index contributed by atoms with van der Waals surface area (Å²) in [4.78, 5) is 0. The summed E-state index contributed by atoms with van der Waals surface area (Å²) in [7, 11) is 0. The van der Waals surface area contributed by atoms with E-state index in [-0.39, 0.29) is 6.04 Å². The summed E-state index contributed by atoms with van der Waals surface area (Å²) in [6.07, 6.45) is 2.12. The van der Waals surface area contributed by atoms with Crippen molar-refractivity contribution in [3.05, 3.63) is 26.8 Å². The number of benzene rings is 1. The number of halogens is 1. The topological polar surface area (TPSA) is 52.0 Å². The third-order valence-corrected chi connectivity index (χ3v) is 3.36. The van der Waals surface area contributed by atoms with Crippen LogP contribution in [0, 0.1) is 3.57 Å². The van der Waals surface area contributed by atoms with Crippen LogP contribution in [-0.4, -0.2) is 0 Å². The van der Waals surface area contributed by atoms with E-state index in [9.17, 15) is 0 Å². The molecule has 0 aliphatic heterocycles. The van der Waals surface area contributed by atoms with Gasteiger partial charge in [-0.2, -0.15) is 0 Å². The predicted molar refractivity (Wildman–Crippen MR) is 58.8 cm³/mol. The minimum Gasteiger partial charge on any atom is -0.398 e. The van der Waals surface area contributed by atoms with E-state index in [4.69, 9.17) is 11.5 Å². The third kappa shape index (κ3) is 1.11. The summed E-state index contributed by atoms with van der Waals surface area (Å²) >= 11 is 2.25. The van der Waals surface area contributed by atoms with Crippen molar-refractivity contribution in [3.8, 4) is 0 Å². The summed E-state index contributed by atoms with van der Waals surface area (Å²) in [5.41, 5.74) is 15.3. The normalized spacial score (nSPS) is 21.0. The molecule has 64 valence electrons. The van der Waals surface area contributed by atoms with Crippen LogP contribution in [-0.2, 0) is 6.42 Å². The number of fused-ring (bicyclic) bond motifs is 1. The van der Waals surface area contributed by atoms with Gasteiger partial charge in [-0.15, -0.1) is 0 Å². The maximum atomic E-state index is 5.94. The predicted octanol–water partition coefficient (Wildman–Crippen LogP) is 1.82. The van der Waals surface area contributed by atoms with Gasteiger partial charge in [-0.1, -0.05) is 6.07 Å². The van der Waals surface area contributed by atoms with Crippen molar-refractivity contribution in [2.24, 2.45) is 5.73 Å². The van der Waals surface area contributed by atoms with Crippen LogP contribution in [0.5, 0.6) is 0 Å². The average molecular weight is 274 g/mol. The molecule has 0 unspecified atom stereocenters. The van der Waals surface area contributed by atoms with E-state index in [1.54, 1.807) is 0 Å². The summed E-state index contributed by atoms with van der Waals surface area (Å²) < 4.78 is 1.11. The van der Waals surface area contributed by atoms with Crippen LogP contribution in [0.2, 0.25) is 0 Å². The molecule has 3 heteroatoms. The van der Waals surface area contributed by atoms with Gasteiger partial charge in [0.05, 0.1) is 5.69 Å². The van der Waals surface area contributed by atoms with Gasteiger partial charge in [-0.05, 0) is 52.6 Å². The number of hydrogen-bond acceptors (Lipinski definition) is 2. The van der Waals surface area contributed by atoms with Gasteiger partial charge in [0.2, 0.25) is 0 Å². The fourth-order valence-corrected chi connectivity index (χ4v) is 2.24. The molecule has 1 atom stereocenters. The number of nitrogen functional groups attached to an aromatic ring is 1. The Morgan fingerprint density at radius 2 is 2.17 bits per heavy atom. The molecule has 2 nitrogen and oxygen atoms in total. The fraction of sp³-hybridized carbons (Fsp3) is 0.333. The first-order valence-electron chi connectivity index (χ1n) is 4.02. The molecule has 1 aromatic carbocycles. The molecule has 0 aromatic heterocycles. The molecule has 4 N–H and O–H groups in total. The molecular weight excluding hydrogens is 263 g/mol. The first-order chi connectivity index (χ1) is 5.70. The van der Waals surface area contributed by atoms with E-state index in [1.807, 2.05) is 0 Å². The van der Waals surface area contributed by atoms with Crippen LogP contribution in [0.3, 0.4) is 0 Å². The van der Waals surface area contributed by atoms with Crippen LogP contribution in [0.4, 0.5) is 5.69 Å². The highest BCUT2D eigenvalue weighted by Gasteiger charge is 2.22. The molecule has 1 aromatic rings. The second kappa shape index (κ2) is 2.88. The van der Waals surface area contributed by atoms with Crippen molar-refractivity contribution in [2.75, 3.05) is 5.73 Å². The molecule has 0 bridgehead atoms. The minimum absolute atomic E-state index is 0.162. The molecule has 0 radical (unpaired) electrons. The zero-order valence-corrected chi connectivity index (χ0v) is 8.84. The summed E-state index contributed by atoms with van der Waals surface area (Å²) in [5.74, 6) is 0. The molecule has 0 heterocycles. The van der Waals surface area contributed by atoms with Gasteiger partial charge < -0.3 is 11.5 Å². The van der Waals surface area contributed by atoms with Crippen LogP contribution < -0.4 is 11.5 Å². The van der Waals surface area contributed by atoms with Crippen molar-refractivity contribution in [1.82, 2.24) is 0 Å². The lowest BCUT2D eigenvalue weighted by molar-refractivity contribution is 0.714. The molecule has 0 spiro atoms. The zero-order valence-electron chi connectivity index (χ0n) is 6.68. The van der Waals surface area contributed by atoms with Crippen molar-refractivity contribution >= 4 is 28.3 Å². The Labute approximate surface area is 85.5 Å². The Balaban J connectivity index is 2.63. The van der Waals surface area contributed by atoms with Gasteiger partial charge in [-0.25, -0.2) is 0 Å². The number of nitrogens with two attached hydrogens (primary N) is 2. The highest BCUT2D eigenvalue weighted by atomic mass is 127. The maximum Gasteiger partial charge on any atom is 0.0500 e. The SMILES string of the molecule is Nc1c(I)ccc2c1[C@@H](N)CC2. The quantitative estimate of drug-likeness (QED) is 0.560. The van der Waals surface area contributed by atoms with Gasteiger partial charge >= 0.3 is 0 Å². The number of rotatable bonds is 0. The van der Waals surface area contributed by atoms with Crippen molar-refractivity contribution in [3.63, 3.8) is 0 Å². The first-order valence-corrected chi connectivity index (χ1v) is 5.10. The number of hydrogen-bond donors (Lipinski definition) is 2. The molecular formula is C9H11IN2. The molecule has 0 amide bonds. The first kappa shape index (κ1) is 8.31. The highest BCUT2D eigenvalue weighted by Crippen LogP contribution is 2.35. The molecule has 1 aliphatic rings. The van der Waals surface area contributed by atoms with Gasteiger partial charge in [0.25, 0.3) is 0 Å². The summed E-state index contributed by atoms with van der Waals surface area (Å²) in [6.45, 7) is 0. The monoisotopic (exact) mass is 274 g/mol. The lowest BCUT2D eigenvalue weighted by Crippen LogP contribution is -2.08. The fourth-order valence-electron chi connectivity index (χ4n) is 1.77. The number of anilines is 1. The molecule has 0 saturated carbocycles. The smallest absolute Gasteiger partial charge is 0.0500 e. The van der Waals surface area contributed by atoms with Crippen LogP contribution in [0.25, 0.3) is 0 Å². The standard InChI is InChI=1S/C9H11IN2/c10-6-3-1-5-2-4-7(11)8(5)9(6)12/h1,3,7H,2,4,11-12H2/t7-/m0/s1. The Hall–Kier alpha value is -0.290. The van der Waals surface area contributed by atoms with E-state index >= 15 is 0 Å². The van der Waals surface area contributed by atoms with Crippen LogP contribution in [0.1, 0.15) is 23.6 Å². The zero-order chi connectivity index (χ0) is 8.72. The molecule has 1 aliphatic carbocycles. The minimum atomic E-state index is 0.162. The highest BCUT2D eigenvalue weighted by molar-refractivity contribution is 14.1. The van der Waals surface area contributed by atoms with E-state index in [0.717, 1.165) is 22.1 Å². The van der Waals surface area contributed by atoms with E-state index < -0.39 is 0 Å². The molecule has 12 heavy (non-hydrogen) atoms. The van der Waals surface area contributed by atoms with E-state index in [2.05, 4.69) is 34.7 Å².